The molecule has 0 aliphatic carbocycles. The SMILES string of the molecule is CC(C)c1cc(-c2cc3nc(-c4cccc(-c5ccccc5)c4)ccc3s2)cc(C(C)C)c1. The van der Waals surface area contributed by atoms with Crippen LogP contribution < -0.4 is 0 Å². The quantitative estimate of drug-likeness (QED) is 0.261. The molecule has 1 nitrogen and oxygen atoms in total. The standard InChI is InChI=1S/C31H29NS/c1-20(2)25-16-26(21(3)4)18-27(17-25)31-19-29-30(33-31)14-13-28(32-29)24-12-8-11-23(15-24)22-9-6-5-7-10-22/h5-21H,1-4H3. The largest absolute Gasteiger partial charge is 0.247 e. The number of hydrogen-bond donors (Lipinski definition) is 0. The molecule has 0 radical (unpaired) electrons. The van der Waals surface area contributed by atoms with Gasteiger partial charge in [0.2, 0.25) is 0 Å². The van der Waals surface area contributed by atoms with Gasteiger partial charge in [0.25, 0.3) is 0 Å². The molecular weight excluding hydrogens is 418 g/mol. The normalized spacial score (nSPS) is 11.6. The Morgan fingerprint density at radius 3 is 1.94 bits per heavy atom. The maximum Gasteiger partial charge on any atom is 0.0823 e. The summed E-state index contributed by atoms with van der Waals surface area (Å²) in [6, 6.07) is 32.9. The van der Waals surface area contributed by atoms with Gasteiger partial charge in [0.1, 0.15) is 0 Å². The van der Waals surface area contributed by atoms with Crippen molar-refractivity contribution in [2.75, 3.05) is 0 Å². The first-order valence-corrected chi connectivity index (χ1v) is 12.5. The molecule has 0 bridgehead atoms. The molecule has 164 valence electrons. The zero-order valence-corrected chi connectivity index (χ0v) is 20.5. The first-order valence-electron chi connectivity index (χ1n) is 11.7. The molecule has 0 aliphatic heterocycles. The first kappa shape index (κ1) is 21.6. The van der Waals surface area contributed by atoms with Crippen LogP contribution in [0, 0.1) is 0 Å². The second-order valence-corrected chi connectivity index (χ2v) is 10.4. The molecule has 0 N–H and O–H groups in total. The molecule has 0 aliphatic rings. The number of aromatic nitrogens is 1. The predicted octanol–water partition coefficient (Wildman–Crippen LogP) is 9.54. The van der Waals surface area contributed by atoms with Crippen molar-refractivity contribution in [1.29, 1.82) is 0 Å². The van der Waals surface area contributed by atoms with E-state index in [0.29, 0.717) is 11.8 Å². The Bertz CT molecular complexity index is 1380. The molecule has 0 spiro atoms. The summed E-state index contributed by atoms with van der Waals surface area (Å²) in [5.74, 6) is 1.02. The number of pyridine rings is 1. The van der Waals surface area contributed by atoms with Gasteiger partial charge < -0.3 is 0 Å². The molecule has 2 heteroatoms. The van der Waals surface area contributed by atoms with Crippen LogP contribution in [0.4, 0.5) is 0 Å². The van der Waals surface area contributed by atoms with Gasteiger partial charge in [0.05, 0.1) is 15.9 Å². The molecule has 0 saturated carbocycles. The van der Waals surface area contributed by atoms with Crippen LogP contribution in [0.2, 0.25) is 0 Å². The van der Waals surface area contributed by atoms with Crippen LogP contribution in [0.1, 0.15) is 50.7 Å². The van der Waals surface area contributed by atoms with E-state index in [-0.39, 0.29) is 0 Å². The summed E-state index contributed by atoms with van der Waals surface area (Å²) in [7, 11) is 0. The maximum atomic E-state index is 5.05. The lowest BCUT2D eigenvalue weighted by Gasteiger charge is -2.13. The zero-order chi connectivity index (χ0) is 22.9. The number of hydrogen-bond acceptors (Lipinski definition) is 2. The van der Waals surface area contributed by atoms with Crippen molar-refractivity contribution in [2.24, 2.45) is 0 Å². The van der Waals surface area contributed by atoms with Crippen molar-refractivity contribution in [3.05, 3.63) is 102 Å². The van der Waals surface area contributed by atoms with Crippen LogP contribution in [0.15, 0.2) is 91.0 Å². The molecule has 3 aromatic carbocycles. The summed E-state index contributed by atoms with van der Waals surface area (Å²) in [4.78, 5) is 6.34. The summed E-state index contributed by atoms with van der Waals surface area (Å²) in [6.45, 7) is 9.08. The Kier molecular flexibility index (Phi) is 5.86. The van der Waals surface area contributed by atoms with Gasteiger partial charge in [0, 0.05) is 10.4 Å². The third-order valence-corrected chi connectivity index (χ3v) is 7.37. The van der Waals surface area contributed by atoms with Crippen LogP contribution in [0.25, 0.3) is 43.0 Å². The van der Waals surface area contributed by atoms with Crippen molar-refractivity contribution < 1.29 is 0 Å². The molecule has 0 amide bonds. The van der Waals surface area contributed by atoms with E-state index in [4.69, 9.17) is 4.98 Å². The Hall–Kier alpha value is -3.23. The zero-order valence-electron chi connectivity index (χ0n) is 19.7. The average molecular weight is 448 g/mol. The highest BCUT2D eigenvalue weighted by Gasteiger charge is 2.12. The summed E-state index contributed by atoms with van der Waals surface area (Å²) in [6.07, 6.45) is 0. The molecule has 2 aromatic heterocycles. The van der Waals surface area contributed by atoms with Gasteiger partial charge in [-0.2, -0.15) is 0 Å². The average Bonchev–Trinajstić information content (AvgIpc) is 3.28. The first-order chi connectivity index (χ1) is 16.0. The van der Waals surface area contributed by atoms with Gasteiger partial charge in [-0.05, 0) is 63.9 Å². The van der Waals surface area contributed by atoms with Crippen molar-refractivity contribution in [1.82, 2.24) is 4.98 Å². The number of rotatable bonds is 5. The minimum absolute atomic E-state index is 0.512. The van der Waals surface area contributed by atoms with E-state index in [0.717, 1.165) is 16.8 Å². The molecule has 5 aromatic rings. The molecule has 0 unspecified atom stereocenters. The van der Waals surface area contributed by atoms with Crippen LogP contribution in [-0.4, -0.2) is 4.98 Å². The van der Waals surface area contributed by atoms with E-state index in [1.165, 1.54) is 37.4 Å². The molecule has 33 heavy (non-hydrogen) atoms. The fraction of sp³-hybridized carbons (Fsp3) is 0.194. The topological polar surface area (TPSA) is 12.9 Å². The number of thiophene rings is 1. The fourth-order valence-electron chi connectivity index (χ4n) is 4.20. The van der Waals surface area contributed by atoms with Crippen LogP contribution in [-0.2, 0) is 0 Å². The number of benzene rings is 3. The van der Waals surface area contributed by atoms with Crippen molar-refractivity contribution >= 4 is 21.6 Å². The Morgan fingerprint density at radius 2 is 1.24 bits per heavy atom. The lowest BCUT2D eigenvalue weighted by Crippen LogP contribution is -1.94. The third kappa shape index (κ3) is 4.49. The highest BCUT2D eigenvalue weighted by molar-refractivity contribution is 7.22. The highest BCUT2D eigenvalue weighted by atomic mass is 32.1. The predicted molar refractivity (Wildman–Crippen MR) is 144 cm³/mol. The lowest BCUT2D eigenvalue weighted by atomic mass is 9.93. The lowest BCUT2D eigenvalue weighted by molar-refractivity contribution is 0.835. The number of fused-ring (bicyclic) bond motifs is 1. The summed E-state index contributed by atoms with van der Waals surface area (Å²) < 4.78 is 1.23. The summed E-state index contributed by atoms with van der Waals surface area (Å²) in [5, 5.41) is 0. The van der Waals surface area contributed by atoms with Crippen molar-refractivity contribution in [3.8, 4) is 32.8 Å². The molecular formula is C31H29NS. The highest BCUT2D eigenvalue weighted by Crippen LogP contribution is 2.37. The fourth-order valence-corrected chi connectivity index (χ4v) is 5.19. The summed E-state index contributed by atoms with van der Waals surface area (Å²) in [5.41, 5.74) is 9.79. The smallest absolute Gasteiger partial charge is 0.0823 e. The Labute approximate surface area is 200 Å². The third-order valence-electron chi connectivity index (χ3n) is 6.23. The van der Waals surface area contributed by atoms with Gasteiger partial charge >= 0.3 is 0 Å². The van der Waals surface area contributed by atoms with Gasteiger partial charge in [-0.3, -0.25) is 0 Å². The molecule has 5 rings (SSSR count). The molecule has 0 atom stereocenters. The van der Waals surface area contributed by atoms with Gasteiger partial charge in [0.15, 0.2) is 0 Å². The number of nitrogens with zero attached hydrogens (tertiary/aromatic N) is 1. The van der Waals surface area contributed by atoms with E-state index < -0.39 is 0 Å². The van der Waals surface area contributed by atoms with Crippen molar-refractivity contribution in [2.45, 2.75) is 39.5 Å². The van der Waals surface area contributed by atoms with Crippen LogP contribution in [0.5, 0.6) is 0 Å². The van der Waals surface area contributed by atoms with E-state index in [1.807, 2.05) is 11.3 Å². The minimum atomic E-state index is 0.512. The molecule has 0 fully saturated rings. The Morgan fingerprint density at radius 1 is 0.576 bits per heavy atom. The maximum absolute atomic E-state index is 5.05. The monoisotopic (exact) mass is 447 g/mol. The Balaban J connectivity index is 1.54. The van der Waals surface area contributed by atoms with Gasteiger partial charge in [-0.15, -0.1) is 11.3 Å². The minimum Gasteiger partial charge on any atom is -0.247 e. The van der Waals surface area contributed by atoms with Crippen LogP contribution in [0.3, 0.4) is 0 Å². The second kappa shape index (κ2) is 8.96. The molecule has 0 saturated heterocycles. The van der Waals surface area contributed by atoms with E-state index in [1.54, 1.807) is 0 Å². The second-order valence-electron chi connectivity index (χ2n) is 9.34. The molecule has 2 heterocycles. The van der Waals surface area contributed by atoms with Crippen molar-refractivity contribution in [3.63, 3.8) is 0 Å². The summed E-state index contributed by atoms with van der Waals surface area (Å²) >= 11 is 1.83. The van der Waals surface area contributed by atoms with E-state index >= 15 is 0 Å². The van der Waals surface area contributed by atoms with E-state index in [2.05, 4.69) is 119 Å². The van der Waals surface area contributed by atoms with Crippen LogP contribution >= 0.6 is 11.3 Å². The van der Waals surface area contributed by atoms with Gasteiger partial charge in [-0.25, -0.2) is 4.98 Å². The van der Waals surface area contributed by atoms with E-state index in [9.17, 15) is 0 Å². The van der Waals surface area contributed by atoms with Gasteiger partial charge in [-0.1, -0.05) is 94.4 Å².